The third-order valence-electron chi connectivity index (χ3n) is 3.04. The minimum atomic E-state index is -0.718. The second kappa shape index (κ2) is 3.57. The van der Waals surface area contributed by atoms with Crippen LogP contribution in [0.4, 0.5) is 5.69 Å². The van der Waals surface area contributed by atoms with Crippen LogP contribution in [0, 0.1) is 6.92 Å². The summed E-state index contributed by atoms with van der Waals surface area (Å²) in [6, 6.07) is 6.13. The molecular weight excluding hydrogens is 190 g/mol. The lowest BCUT2D eigenvalue weighted by molar-refractivity contribution is -0.137. The van der Waals surface area contributed by atoms with Crippen LogP contribution in [0.3, 0.4) is 0 Å². The molecule has 1 aromatic carbocycles. The molecule has 1 N–H and O–H groups in total. The number of hydrogen-bond acceptors (Lipinski definition) is 2. The molecule has 0 radical (unpaired) electrons. The number of hydrogen-bond donors (Lipinski definition) is 1. The molecule has 0 spiro atoms. The van der Waals surface area contributed by atoms with E-state index in [-0.39, 0.29) is 12.3 Å². The normalized spacial score (nSPS) is 19.1. The second-order valence-electron chi connectivity index (χ2n) is 4.18. The zero-order chi connectivity index (χ0) is 11.0. The molecule has 2 rings (SSSR count). The van der Waals surface area contributed by atoms with Crippen molar-refractivity contribution in [1.82, 2.24) is 0 Å². The maximum absolute atomic E-state index is 10.8. The predicted octanol–water partition coefficient (Wildman–Crippen LogP) is 2.00. The van der Waals surface area contributed by atoms with Crippen molar-refractivity contribution in [3.05, 3.63) is 29.3 Å². The Balaban J connectivity index is 2.39. The van der Waals surface area contributed by atoms with Crippen LogP contribution in [0.1, 0.15) is 23.5 Å². The van der Waals surface area contributed by atoms with Crippen molar-refractivity contribution in [2.45, 2.75) is 19.3 Å². The van der Waals surface area contributed by atoms with E-state index in [1.807, 2.05) is 26.1 Å². The number of benzene rings is 1. The molecule has 3 heteroatoms. The molecule has 1 heterocycles. The number of rotatable bonds is 2. The minimum absolute atomic E-state index is 0.142. The number of aryl methyl sites for hydroxylation is 1. The SMILES string of the molecule is Cc1cccc2c1C(CC(=O)O)CN2C. The van der Waals surface area contributed by atoms with Gasteiger partial charge in [-0.05, 0) is 24.1 Å². The first-order valence-corrected chi connectivity index (χ1v) is 5.12. The molecule has 0 amide bonds. The zero-order valence-electron chi connectivity index (χ0n) is 9.03. The Morgan fingerprint density at radius 2 is 2.33 bits per heavy atom. The first kappa shape index (κ1) is 10.0. The van der Waals surface area contributed by atoms with Crippen LogP contribution in [0.2, 0.25) is 0 Å². The topological polar surface area (TPSA) is 40.5 Å². The molecule has 0 fully saturated rings. The first-order valence-electron chi connectivity index (χ1n) is 5.12. The molecule has 1 aromatic rings. The van der Waals surface area contributed by atoms with Crippen molar-refractivity contribution in [3.8, 4) is 0 Å². The van der Waals surface area contributed by atoms with Gasteiger partial charge in [-0.3, -0.25) is 4.79 Å². The monoisotopic (exact) mass is 205 g/mol. The molecule has 80 valence electrons. The van der Waals surface area contributed by atoms with E-state index in [0.717, 1.165) is 6.54 Å². The Kier molecular flexibility index (Phi) is 2.39. The molecular formula is C12H15NO2. The van der Waals surface area contributed by atoms with E-state index in [2.05, 4.69) is 11.0 Å². The maximum atomic E-state index is 10.8. The molecule has 0 aliphatic carbocycles. The number of aliphatic carboxylic acids is 1. The summed E-state index contributed by atoms with van der Waals surface area (Å²) in [5.41, 5.74) is 3.59. The lowest BCUT2D eigenvalue weighted by Gasteiger charge is -2.11. The van der Waals surface area contributed by atoms with Gasteiger partial charge in [0.1, 0.15) is 0 Å². The molecule has 0 saturated heterocycles. The summed E-state index contributed by atoms with van der Waals surface area (Å²) >= 11 is 0. The van der Waals surface area contributed by atoms with Crippen LogP contribution in [0.25, 0.3) is 0 Å². The summed E-state index contributed by atoms with van der Waals surface area (Å²) < 4.78 is 0. The van der Waals surface area contributed by atoms with Crippen molar-refractivity contribution in [2.75, 3.05) is 18.5 Å². The van der Waals surface area contributed by atoms with E-state index in [9.17, 15) is 4.79 Å². The van der Waals surface area contributed by atoms with E-state index < -0.39 is 5.97 Å². The van der Waals surface area contributed by atoms with Gasteiger partial charge >= 0.3 is 5.97 Å². The number of nitrogens with zero attached hydrogens (tertiary/aromatic N) is 1. The van der Waals surface area contributed by atoms with Crippen molar-refractivity contribution < 1.29 is 9.90 Å². The molecule has 0 bridgehead atoms. The van der Waals surface area contributed by atoms with Crippen molar-refractivity contribution in [1.29, 1.82) is 0 Å². The van der Waals surface area contributed by atoms with Gasteiger partial charge in [-0.15, -0.1) is 0 Å². The van der Waals surface area contributed by atoms with Gasteiger partial charge in [-0.2, -0.15) is 0 Å². The Bertz CT molecular complexity index is 401. The highest BCUT2D eigenvalue weighted by molar-refractivity contribution is 5.71. The largest absolute Gasteiger partial charge is 0.481 e. The highest BCUT2D eigenvalue weighted by Gasteiger charge is 2.29. The maximum Gasteiger partial charge on any atom is 0.304 e. The van der Waals surface area contributed by atoms with Gasteiger partial charge in [0, 0.05) is 25.2 Å². The Labute approximate surface area is 89.3 Å². The highest BCUT2D eigenvalue weighted by Crippen LogP contribution is 2.38. The van der Waals surface area contributed by atoms with Crippen molar-refractivity contribution >= 4 is 11.7 Å². The number of carbonyl (C=O) groups is 1. The summed E-state index contributed by atoms with van der Waals surface area (Å²) in [5.74, 6) is -0.576. The van der Waals surface area contributed by atoms with Gasteiger partial charge in [-0.25, -0.2) is 0 Å². The summed E-state index contributed by atoms with van der Waals surface area (Å²) in [6.45, 7) is 2.86. The van der Waals surface area contributed by atoms with E-state index in [1.165, 1.54) is 16.8 Å². The van der Waals surface area contributed by atoms with Gasteiger partial charge in [0.25, 0.3) is 0 Å². The molecule has 1 aliphatic heterocycles. The average molecular weight is 205 g/mol. The minimum Gasteiger partial charge on any atom is -0.481 e. The number of carboxylic acid groups (broad SMARTS) is 1. The van der Waals surface area contributed by atoms with Crippen molar-refractivity contribution in [3.63, 3.8) is 0 Å². The summed E-state index contributed by atoms with van der Waals surface area (Å²) in [4.78, 5) is 12.9. The summed E-state index contributed by atoms with van der Waals surface area (Å²) in [5, 5.41) is 8.86. The third kappa shape index (κ3) is 1.69. The molecule has 1 aliphatic rings. The van der Waals surface area contributed by atoms with Crippen LogP contribution in [-0.4, -0.2) is 24.7 Å². The second-order valence-corrected chi connectivity index (χ2v) is 4.18. The van der Waals surface area contributed by atoms with Crippen LogP contribution in [0.15, 0.2) is 18.2 Å². The van der Waals surface area contributed by atoms with E-state index in [4.69, 9.17) is 5.11 Å². The van der Waals surface area contributed by atoms with Crippen LogP contribution >= 0.6 is 0 Å². The summed E-state index contributed by atoms with van der Waals surface area (Å²) in [6.07, 6.45) is 0.224. The van der Waals surface area contributed by atoms with Gasteiger partial charge in [0.05, 0.1) is 6.42 Å². The molecule has 0 aromatic heterocycles. The van der Waals surface area contributed by atoms with E-state index in [1.54, 1.807) is 0 Å². The standard InChI is InChI=1S/C12H15NO2/c1-8-4-3-5-10-12(8)9(6-11(14)15)7-13(10)2/h3-5,9H,6-7H2,1-2H3,(H,14,15). The molecule has 1 unspecified atom stereocenters. The van der Waals surface area contributed by atoms with Gasteiger partial charge in [0.2, 0.25) is 0 Å². The fraction of sp³-hybridized carbons (Fsp3) is 0.417. The van der Waals surface area contributed by atoms with Crippen LogP contribution in [-0.2, 0) is 4.79 Å². The van der Waals surface area contributed by atoms with Crippen LogP contribution < -0.4 is 4.90 Å². The van der Waals surface area contributed by atoms with Crippen molar-refractivity contribution in [2.24, 2.45) is 0 Å². The average Bonchev–Trinajstić information content (AvgIpc) is 2.44. The number of anilines is 1. The Hall–Kier alpha value is -1.51. The fourth-order valence-corrected chi connectivity index (χ4v) is 2.43. The van der Waals surface area contributed by atoms with Gasteiger partial charge < -0.3 is 10.0 Å². The third-order valence-corrected chi connectivity index (χ3v) is 3.04. The van der Waals surface area contributed by atoms with Gasteiger partial charge in [0.15, 0.2) is 0 Å². The molecule has 3 nitrogen and oxygen atoms in total. The van der Waals surface area contributed by atoms with E-state index in [0.29, 0.717) is 0 Å². The lowest BCUT2D eigenvalue weighted by atomic mass is 9.94. The Morgan fingerprint density at radius 1 is 1.60 bits per heavy atom. The number of carboxylic acids is 1. The molecule has 0 saturated carbocycles. The lowest BCUT2D eigenvalue weighted by Crippen LogP contribution is -2.16. The zero-order valence-corrected chi connectivity index (χ0v) is 9.03. The molecule has 1 atom stereocenters. The quantitative estimate of drug-likeness (QED) is 0.802. The van der Waals surface area contributed by atoms with Gasteiger partial charge in [-0.1, -0.05) is 12.1 Å². The number of likely N-dealkylation sites (N-methyl/N-ethyl adjacent to an activating group) is 1. The smallest absolute Gasteiger partial charge is 0.304 e. The fourth-order valence-electron chi connectivity index (χ4n) is 2.43. The number of fused-ring (bicyclic) bond motifs is 1. The molecule has 15 heavy (non-hydrogen) atoms. The summed E-state index contributed by atoms with van der Waals surface area (Å²) in [7, 11) is 2.01. The highest BCUT2D eigenvalue weighted by atomic mass is 16.4. The first-order chi connectivity index (χ1) is 7.09. The van der Waals surface area contributed by atoms with E-state index >= 15 is 0 Å². The Morgan fingerprint density at radius 3 is 3.00 bits per heavy atom. The predicted molar refractivity (Wildman–Crippen MR) is 59.4 cm³/mol. The van der Waals surface area contributed by atoms with Crippen LogP contribution in [0.5, 0.6) is 0 Å².